The number of nitrogen functional groups attached to an aromatic ring is 1. The number of hydrogen-bond acceptors (Lipinski definition) is 8. The molecule has 1 fully saturated rings. The van der Waals surface area contributed by atoms with Crippen molar-refractivity contribution in [3.63, 3.8) is 0 Å². The number of imidazole rings is 1. The van der Waals surface area contributed by atoms with Crippen LogP contribution in [0.2, 0.25) is 0 Å². The number of carbonyl (C=O) groups excluding carboxylic acids is 2. The van der Waals surface area contributed by atoms with Gasteiger partial charge in [-0.05, 0) is 38.1 Å². The first-order chi connectivity index (χ1) is 19.4. The second-order valence-electron chi connectivity index (χ2n) is 9.65. The predicted molar refractivity (Wildman–Crippen MR) is 142 cm³/mol. The lowest BCUT2D eigenvalue weighted by atomic mass is 10.1. The van der Waals surface area contributed by atoms with Crippen LogP contribution in [0.15, 0.2) is 55.0 Å². The molecular weight excluding hydrogens is 543 g/mol. The number of alkyl halides is 3. The minimum atomic E-state index is -4.57. The first kappa shape index (κ1) is 28.0. The lowest BCUT2D eigenvalue weighted by molar-refractivity contribution is -0.152. The third-order valence-corrected chi connectivity index (χ3v) is 6.72. The summed E-state index contributed by atoms with van der Waals surface area (Å²) in [5, 5.41) is 12.2. The molecule has 214 valence electrons. The van der Waals surface area contributed by atoms with Crippen LogP contribution in [-0.4, -0.2) is 66.5 Å². The van der Waals surface area contributed by atoms with Crippen LogP contribution in [0.1, 0.15) is 41.7 Å². The molecule has 4 heterocycles. The van der Waals surface area contributed by atoms with Gasteiger partial charge in [0.1, 0.15) is 40.9 Å². The average Bonchev–Trinajstić information content (AvgIpc) is 3.33. The number of amides is 2. The van der Waals surface area contributed by atoms with Crippen molar-refractivity contribution in [1.29, 1.82) is 0 Å². The topological polar surface area (TPSA) is 148 Å². The van der Waals surface area contributed by atoms with Gasteiger partial charge in [0.25, 0.3) is 11.8 Å². The highest BCUT2D eigenvalue weighted by atomic mass is 19.4. The van der Waals surface area contributed by atoms with Crippen molar-refractivity contribution in [3.8, 4) is 11.3 Å². The van der Waals surface area contributed by atoms with Crippen molar-refractivity contribution in [2.75, 3.05) is 24.2 Å². The van der Waals surface area contributed by atoms with Crippen LogP contribution in [-0.2, 0) is 15.7 Å². The van der Waals surface area contributed by atoms with Gasteiger partial charge in [0.2, 0.25) is 0 Å². The summed E-state index contributed by atoms with van der Waals surface area (Å²) in [6.07, 6.45) is -2.21. The minimum absolute atomic E-state index is 0.161. The highest BCUT2D eigenvalue weighted by Gasteiger charge is 2.35. The lowest BCUT2D eigenvalue weighted by Crippen LogP contribution is -2.51. The van der Waals surface area contributed by atoms with E-state index in [0.717, 1.165) is 18.3 Å². The molecule has 0 unspecified atom stereocenters. The standard InChI is InChI=1S/C27H26F3N7O4/c1-14-13-41-19(12-37(14)26(40)15(2)38)24-35-21(22-23(31)33-9-10-36(22)24)16-3-5-17(6-4-16)25(39)34-20-11-18(7-8-32-20)27(28,29)30/h3-11,14-15,19,38H,12-13H2,1-2H3,(H2,31,33)(H,32,34,39)/t14-,15-,19+/m0/s1. The molecule has 5 rings (SSSR count). The van der Waals surface area contributed by atoms with E-state index in [0.29, 0.717) is 22.6 Å². The SMILES string of the molecule is C[C@H](O)C(=O)N1C[C@H](c2nc(-c3ccc(C(=O)Nc4cc(C(F)(F)F)ccn4)cc3)c3c(N)nccn23)OC[C@@H]1C. The maximum Gasteiger partial charge on any atom is 0.416 e. The zero-order chi connectivity index (χ0) is 29.5. The Morgan fingerprint density at radius 3 is 2.59 bits per heavy atom. The largest absolute Gasteiger partial charge is 0.416 e. The molecule has 0 spiro atoms. The summed E-state index contributed by atoms with van der Waals surface area (Å²) in [6, 6.07) is 7.58. The molecule has 3 aromatic heterocycles. The maximum atomic E-state index is 13.0. The van der Waals surface area contributed by atoms with Crippen LogP contribution < -0.4 is 11.1 Å². The number of ether oxygens (including phenoxy) is 1. The van der Waals surface area contributed by atoms with Gasteiger partial charge in [0.05, 0.1) is 24.8 Å². The zero-order valence-corrected chi connectivity index (χ0v) is 22.0. The Balaban J connectivity index is 1.43. The van der Waals surface area contributed by atoms with Gasteiger partial charge in [-0.2, -0.15) is 13.2 Å². The van der Waals surface area contributed by atoms with E-state index in [2.05, 4.69) is 15.3 Å². The van der Waals surface area contributed by atoms with Gasteiger partial charge in [-0.15, -0.1) is 0 Å². The average molecular weight is 570 g/mol. The maximum absolute atomic E-state index is 13.0. The third kappa shape index (κ3) is 5.56. The molecule has 4 N–H and O–H groups in total. The number of nitrogens with one attached hydrogen (secondary N) is 1. The van der Waals surface area contributed by atoms with Crippen molar-refractivity contribution in [2.45, 2.75) is 38.3 Å². The number of aliphatic hydroxyl groups excluding tert-OH is 1. The molecule has 0 radical (unpaired) electrons. The molecule has 4 aromatic rings. The van der Waals surface area contributed by atoms with Crippen molar-refractivity contribution in [2.24, 2.45) is 0 Å². The number of aromatic nitrogens is 4. The fourth-order valence-corrected chi connectivity index (χ4v) is 4.62. The summed E-state index contributed by atoms with van der Waals surface area (Å²) in [4.78, 5) is 39.6. The van der Waals surface area contributed by atoms with E-state index in [1.807, 2.05) is 6.92 Å². The van der Waals surface area contributed by atoms with E-state index in [1.54, 1.807) is 27.6 Å². The number of anilines is 2. The Kier molecular flexibility index (Phi) is 7.36. The molecule has 3 atom stereocenters. The third-order valence-electron chi connectivity index (χ3n) is 6.72. The molecule has 0 saturated carbocycles. The molecule has 11 nitrogen and oxygen atoms in total. The molecule has 2 amide bonds. The predicted octanol–water partition coefficient (Wildman–Crippen LogP) is 3.31. The highest BCUT2D eigenvalue weighted by Crippen LogP contribution is 2.34. The van der Waals surface area contributed by atoms with Gasteiger partial charge in [-0.1, -0.05) is 12.1 Å². The zero-order valence-electron chi connectivity index (χ0n) is 22.0. The fourth-order valence-electron chi connectivity index (χ4n) is 4.62. The van der Waals surface area contributed by atoms with Gasteiger partial charge >= 0.3 is 6.18 Å². The molecule has 41 heavy (non-hydrogen) atoms. The summed E-state index contributed by atoms with van der Waals surface area (Å²) in [5.41, 5.74) is 7.00. The fraction of sp³-hybridized carbons (Fsp3) is 0.296. The van der Waals surface area contributed by atoms with Gasteiger partial charge in [0, 0.05) is 29.7 Å². The molecule has 1 aromatic carbocycles. The number of nitrogens with two attached hydrogens (primary N) is 1. The van der Waals surface area contributed by atoms with E-state index >= 15 is 0 Å². The summed E-state index contributed by atoms with van der Waals surface area (Å²) in [6.45, 7) is 3.64. The van der Waals surface area contributed by atoms with Crippen LogP contribution >= 0.6 is 0 Å². The quantitative estimate of drug-likeness (QED) is 0.332. The highest BCUT2D eigenvalue weighted by molar-refractivity contribution is 6.04. The second kappa shape index (κ2) is 10.8. The Bertz CT molecular complexity index is 1610. The number of aliphatic hydroxyl groups is 1. The van der Waals surface area contributed by atoms with Crippen LogP contribution in [0.25, 0.3) is 16.8 Å². The molecule has 0 aliphatic carbocycles. The number of fused-ring (bicyclic) bond motifs is 1. The normalized spacial score (nSPS) is 18.3. The number of pyridine rings is 1. The number of halogens is 3. The summed E-state index contributed by atoms with van der Waals surface area (Å²) < 4.78 is 46.7. The lowest BCUT2D eigenvalue weighted by Gasteiger charge is -2.38. The van der Waals surface area contributed by atoms with Crippen molar-refractivity contribution < 1.29 is 32.6 Å². The number of hydrogen-bond donors (Lipinski definition) is 3. The van der Waals surface area contributed by atoms with E-state index in [4.69, 9.17) is 15.5 Å². The Labute approximate surface area is 231 Å². The number of morpholine rings is 1. The van der Waals surface area contributed by atoms with E-state index < -0.39 is 35.8 Å². The first-order valence-electron chi connectivity index (χ1n) is 12.6. The van der Waals surface area contributed by atoms with Gasteiger partial charge in [-0.25, -0.2) is 15.0 Å². The summed E-state index contributed by atoms with van der Waals surface area (Å²) in [5.74, 6) is -0.631. The Hall–Kier alpha value is -4.56. The first-order valence-corrected chi connectivity index (χ1v) is 12.6. The van der Waals surface area contributed by atoms with E-state index in [-0.39, 0.29) is 36.4 Å². The minimum Gasteiger partial charge on any atom is -0.384 e. The number of rotatable bonds is 5. The second-order valence-corrected chi connectivity index (χ2v) is 9.65. The summed E-state index contributed by atoms with van der Waals surface area (Å²) in [7, 11) is 0. The van der Waals surface area contributed by atoms with Gasteiger partial charge in [0.15, 0.2) is 0 Å². The number of nitrogens with zero attached hydrogens (tertiary/aromatic N) is 5. The van der Waals surface area contributed by atoms with Crippen molar-refractivity contribution in [1.82, 2.24) is 24.3 Å². The van der Waals surface area contributed by atoms with Crippen LogP contribution in [0.3, 0.4) is 0 Å². The number of carbonyl (C=O) groups is 2. The van der Waals surface area contributed by atoms with Crippen molar-refractivity contribution >= 4 is 29.0 Å². The summed E-state index contributed by atoms with van der Waals surface area (Å²) >= 11 is 0. The van der Waals surface area contributed by atoms with E-state index in [1.165, 1.54) is 25.3 Å². The molecule has 1 aliphatic heterocycles. The molecule has 1 saturated heterocycles. The van der Waals surface area contributed by atoms with Crippen LogP contribution in [0.5, 0.6) is 0 Å². The van der Waals surface area contributed by atoms with Gasteiger partial charge < -0.3 is 25.8 Å². The van der Waals surface area contributed by atoms with Crippen molar-refractivity contribution in [3.05, 3.63) is 71.9 Å². The Morgan fingerprint density at radius 2 is 1.90 bits per heavy atom. The van der Waals surface area contributed by atoms with Crippen LogP contribution in [0.4, 0.5) is 24.8 Å². The molecule has 14 heteroatoms. The Morgan fingerprint density at radius 1 is 1.17 bits per heavy atom. The molecule has 0 bridgehead atoms. The monoisotopic (exact) mass is 569 g/mol. The smallest absolute Gasteiger partial charge is 0.384 e. The molecule has 1 aliphatic rings. The number of benzene rings is 1. The molecular formula is C27H26F3N7O4. The van der Waals surface area contributed by atoms with Gasteiger partial charge in [-0.3, -0.25) is 14.0 Å². The van der Waals surface area contributed by atoms with Crippen LogP contribution in [0, 0.1) is 0 Å². The van der Waals surface area contributed by atoms with E-state index in [9.17, 15) is 27.9 Å².